The fourth-order valence-corrected chi connectivity index (χ4v) is 3.37. The van der Waals surface area contributed by atoms with Crippen LogP contribution in [0.1, 0.15) is 21.5 Å². The number of hydrogen-bond donors (Lipinski definition) is 3. The first kappa shape index (κ1) is 20.2. The molecule has 0 fully saturated rings. The highest BCUT2D eigenvalue weighted by Crippen LogP contribution is 2.18. The molecule has 7 nitrogen and oxygen atoms in total. The van der Waals surface area contributed by atoms with E-state index >= 15 is 0 Å². The molecular formula is C24H23N5O2. The van der Waals surface area contributed by atoms with Crippen molar-refractivity contribution in [1.82, 2.24) is 20.4 Å². The van der Waals surface area contributed by atoms with Crippen molar-refractivity contribution in [3.05, 3.63) is 89.7 Å². The van der Waals surface area contributed by atoms with Crippen LogP contribution in [0.25, 0.3) is 16.7 Å². The lowest BCUT2D eigenvalue weighted by atomic mass is 10.1. The summed E-state index contributed by atoms with van der Waals surface area (Å²) in [6.45, 7) is 4.05. The molecule has 0 bridgehead atoms. The highest BCUT2D eigenvalue weighted by Gasteiger charge is 2.09. The van der Waals surface area contributed by atoms with E-state index in [1.807, 2.05) is 73.0 Å². The molecule has 0 radical (unpaired) electrons. The summed E-state index contributed by atoms with van der Waals surface area (Å²) in [7, 11) is 0. The maximum atomic E-state index is 12.4. The van der Waals surface area contributed by atoms with Gasteiger partial charge in [-0.2, -0.15) is 0 Å². The van der Waals surface area contributed by atoms with Crippen molar-refractivity contribution in [2.24, 2.45) is 0 Å². The van der Waals surface area contributed by atoms with E-state index in [4.69, 9.17) is 0 Å². The SMILES string of the molecule is Cc1ccc(NCC(=O)NNC(=O)c2ccc(-n3cnc4ccccc43)cc2)c(C)c1. The second-order valence-electron chi connectivity index (χ2n) is 7.32. The third-order valence-electron chi connectivity index (χ3n) is 5.00. The predicted molar refractivity (Wildman–Crippen MR) is 121 cm³/mol. The highest BCUT2D eigenvalue weighted by atomic mass is 16.2. The number of imidazole rings is 1. The minimum atomic E-state index is -0.387. The van der Waals surface area contributed by atoms with Gasteiger partial charge in [0.2, 0.25) is 0 Å². The molecule has 3 aromatic carbocycles. The summed E-state index contributed by atoms with van der Waals surface area (Å²) >= 11 is 0. The van der Waals surface area contributed by atoms with E-state index in [0.717, 1.165) is 33.5 Å². The Hall–Kier alpha value is -4.13. The first-order valence-electron chi connectivity index (χ1n) is 9.94. The molecule has 0 aliphatic heterocycles. The van der Waals surface area contributed by atoms with Crippen LogP contribution in [0.5, 0.6) is 0 Å². The Morgan fingerprint density at radius 1 is 0.935 bits per heavy atom. The molecular weight excluding hydrogens is 390 g/mol. The topological polar surface area (TPSA) is 88.0 Å². The minimum absolute atomic E-state index is 0.0524. The Balaban J connectivity index is 1.33. The van der Waals surface area contributed by atoms with Crippen LogP contribution in [0.4, 0.5) is 5.69 Å². The monoisotopic (exact) mass is 413 g/mol. The Kier molecular flexibility index (Phi) is 5.66. The first-order chi connectivity index (χ1) is 15.0. The van der Waals surface area contributed by atoms with Gasteiger partial charge < -0.3 is 5.32 Å². The van der Waals surface area contributed by atoms with E-state index in [9.17, 15) is 9.59 Å². The van der Waals surface area contributed by atoms with Crippen molar-refractivity contribution >= 4 is 28.5 Å². The van der Waals surface area contributed by atoms with Crippen LogP contribution < -0.4 is 16.2 Å². The smallest absolute Gasteiger partial charge is 0.269 e. The van der Waals surface area contributed by atoms with Crippen molar-refractivity contribution in [3.8, 4) is 5.69 Å². The number of carbonyl (C=O) groups excluding carboxylic acids is 2. The Labute approximate surface area is 180 Å². The third kappa shape index (κ3) is 4.56. The first-order valence-corrected chi connectivity index (χ1v) is 9.94. The van der Waals surface area contributed by atoms with Gasteiger partial charge in [-0.3, -0.25) is 25.0 Å². The van der Waals surface area contributed by atoms with Crippen LogP contribution in [0, 0.1) is 13.8 Å². The molecule has 0 aliphatic rings. The Morgan fingerprint density at radius 2 is 1.71 bits per heavy atom. The van der Waals surface area contributed by atoms with Crippen molar-refractivity contribution in [2.45, 2.75) is 13.8 Å². The zero-order chi connectivity index (χ0) is 21.8. The number of nitrogens with one attached hydrogen (secondary N) is 3. The Bertz CT molecular complexity index is 1240. The molecule has 0 saturated heterocycles. The lowest BCUT2D eigenvalue weighted by molar-refractivity contribution is -0.120. The van der Waals surface area contributed by atoms with E-state index in [1.165, 1.54) is 0 Å². The second-order valence-corrected chi connectivity index (χ2v) is 7.32. The summed E-state index contributed by atoms with van der Waals surface area (Å²) in [4.78, 5) is 28.8. The third-order valence-corrected chi connectivity index (χ3v) is 5.00. The number of para-hydroxylation sites is 2. The molecule has 4 aromatic rings. The largest absolute Gasteiger partial charge is 0.376 e. The zero-order valence-corrected chi connectivity index (χ0v) is 17.3. The van der Waals surface area contributed by atoms with Crippen molar-refractivity contribution in [1.29, 1.82) is 0 Å². The number of carbonyl (C=O) groups is 2. The number of aromatic nitrogens is 2. The van der Waals surface area contributed by atoms with Crippen molar-refractivity contribution < 1.29 is 9.59 Å². The number of hydrogen-bond acceptors (Lipinski definition) is 4. The van der Waals surface area contributed by atoms with Gasteiger partial charge in [-0.1, -0.05) is 29.8 Å². The van der Waals surface area contributed by atoms with Crippen LogP contribution in [-0.4, -0.2) is 27.9 Å². The average molecular weight is 413 g/mol. The quantitative estimate of drug-likeness (QED) is 0.437. The number of hydrazine groups is 1. The molecule has 0 aliphatic carbocycles. The summed E-state index contributed by atoms with van der Waals surface area (Å²) in [6.07, 6.45) is 1.75. The number of fused-ring (bicyclic) bond motifs is 1. The maximum absolute atomic E-state index is 12.4. The second kappa shape index (κ2) is 8.71. The van der Waals surface area contributed by atoms with Crippen molar-refractivity contribution in [2.75, 3.05) is 11.9 Å². The molecule has 1 heterocycles. The minimum Gasteiger partial charge on any atom is -0.376 e. The van der Waals surface area contributed by atoms with Crippen LogP contribution >= 0.6 is 0 Å². The standard InChI is InChI=1S/C24H23N5O2/c1-16-7-12-20(17(2)13-16)25-14-23(30)27-28-24(31)18-8-10-19(11-9-18)29-15-26-21-5-3-4-6-22(21)29/h3-13,15,25H,14H2,1-2H3,(H,27,30)(H,28,31). The molecule has 0 atom stereocenters. The summed E-state index contributed by atoms with van der Waals surface area (Å²) in [5.74, 6) is -0.725. The molecule has 0 spiro atoms. The predicted octanol–water partition coefficient (Wildman–Crippen LogP) is 3.52. The lowest BCUT2D eigenvalue weighted by Gasteiger charge is -2.11. The summed E-state index contributed by atoms with van der Waals surface area (Å²) in [5, 5.41) is 3.07. The highest BCUT2D eigenvalue weighted by molar-refractivity contribution is 5.96. The number of rotatable bonds is 5. The van der Waals surface area contributed by atoms with Gasteiger partial charge in [-0.25, -0.2) is 4.98 Å². The van der Waals surface area contributed by atoms with E-state index in [-0.39, 0.29) is 18.4 Å². The zero-order valence-electron chi connectivity index (χ0n) is 17.3. The summed E-state index contributed by atoms with van der Waals surface area (Å²) < 4.78 is 1.96. The van der Waals surface area contributed by atoms with Crippen molar-refractivity contribution in [3.63, 3.8) is 0 Å². The molecule has 156 valence electrons. The van der Waals surface area contributed by atoms with Gasteiger partial charge >= 0.3 is 0 Å². The van der Waals surface area contributed by atoms with E-state index in [0.29, 0.717) is 5.56 Å². The number of anilines is 1. The molecule has 7 heteroatoms. The molecule has 2 amide bonds. The van der Waals surface area contributed by atoms with E-state index in [2.05, 4.69) is 21.2 Å². The van der Waals surface area contributed by atoms with Gasteiger partial charge in [0, 0.05) is 16.9 Å². The molecule has 1 aromatic heterocycles. The fourth-order valence-electron chi connectivity index (χ4n) is 3.37. The molecule has 0 saturated carbocycles. The average Bonchev–Trinajstić information content (AvgIpc) is 3.21. The van der Waals surface area contributed by atoms with Gasteiger partial charge in [-0.15, -0.1) is 0 Å². The number of nitrogens with zero attached hydrogens (tertiary/aromatic N) is 2. The van der Waals surface area contributed by atoms with Crippen LogP contribution in [0.2, 0.25) is 0 Å². The fraction of sp³-hybridized carbons (Fsp3) is 0.125. The number of benzene rings is 3. The normalized spacial score (nSPS) is 10.6. The van der Waals surface area contributed by atoms with Gasteiger partial charge in [0.25, 0.3) is 11.8 Å². The summed E-state index contributed by atoms with van der Waals surface area (Å²) in [5.41, 5.74) is 11.2. The van der Waals surface area contributed by atoms with Crippen LogP contribution in [0.3, 0.4) is 0 Å². The van der Waals surface area contributed by atoms with E-state index in [1.54, 1.807) is 18.5 Å². The number of amides is 2. The molecule has 0 unspecified atom stereocenters. The lowest BCUT2D eigenvalue weighted by Crippen LogP contribution is -2.44. The summed E-state index contributed by atoms with van der Waals surface area (Å²) in [6, 6.07) is 20.9. The maximum Gasteiger partial charge on any atom is 0.269 e. The van der Waals surface area contributed by atoms with Gasteiger partial charge in [-0.05, 0) is 61.9 Å². The van der Waals surface area contributed by atoms with Gasteiger partial charge in [0.05, 0.1) is 17.6 Å². The van der Waals surface area contributed by atoms with Crippen LogP contribution in [0.15, 0.2) is 73.1 Å². The van der Waals surface area contributed by atoms with Gasteiger partial charge in [0.15, 0.2) is 0 Å². The Morgan fingerprint density at radius 3 is 2.48 bits per heavy atom. The van der Waals surface area contributed by atoms with E-state index < -0.39 is 0 Å². The number of aryl methyl sites for hydroxylation is 2. The van der Waals surface area contributed by atoms with Crippen LogP contribution in [-0.2, 0) is 4.79 Å². The molecule has 31 heavy (non-hydrogen) atoms. The van der Waals surface area contributed by atoms with Gasteiger partial charge in [0.1, 0.15) is 6.33 Å². The molecule has 4 rings (SSSR count). The molecule has 3 N–H and O–H groups in total.